The quantitative estimate of drug-likeness (QED) is 0.766. The van der Waals surface area contributed by atoms with Crippen LogP contribution in [-0.4, -0.2) is 28.3 Å². The summed E-state index contributed by atoms with van der Waals surface area (Å²) in [5.74, 6) is -1.08. The first-order valence-corrected chi connectivity index (χ1v) is 7.17. The maximum absolute atomic E-state index is 10.9. The van der Waals surface area contributed by atoms with Crippen molar-refractivity contribution in [3.8, 4) is 6.07 Å². The lowest BCUT2D eigenvalue weighted by Gasteiger charge is -2.34. The zero-order valence-electron chi connectivity index (χ0n) is 11.9. The van der Waals surface area contributed by atoms with Crippen molar-refractivity contribution < 1.29 is 15.0 Å². The second kappa shape index (κ2) is 6.70. The van der Waals surface area contributed by atoms with Crippen molar-refractivity contribution in [3.63, 3.8) is 0 Å². The molecule has 1 aliphatic carbocycles. The fourth-order valence-electron chi connectivity index (χ4n) is 2.72. The number of benzene rings is 1. The largest absolute Gasteiger partial charge is 0.481 e. The van der Waals surface area contributed by atoms with E-state index in [2.05, 4.69) is 11.4 Å². The first-order chi connectivity index (χ1) is 10.0. The number of carboxylic acids is 1. The van der Waals surface area contributed by atoms with Gasteiger partial charge in [0.15, 0.2) is 0 Å². The molecule has 0 aliphatic heterocycles. The van der Waals surface area contributed by atoms with Gasteiger partial charge in [0.05, 0.1) is 23.2 Å². The molecule has 1 aromatic carbocycles. The molecule has 5 heteroatoms. The van der Waals surface area contributed by atoms with E-state index >= 15 is 0 Å². The number of carboxylic acid groups (broad SMARTS) is 1. The van der Waals surface area contributed by atoms with Gasteiger partial charge in [-0.15, -0.1) is 0 Å². The van der Waals surface area contributed by atoms with Crippen LogP contribution in [0, 0.1) is 17.2 Å². The molecule has 1 aliphatic rings. The van der Waals surface area contributed by atoms with Gasteiger partial charge in [-0.25, -0.2) is 0 Å². The Bertz CT molecular complexity index is 525. The molecule has 5 nitrogen and oxygen atoms in total. The van der Waals surface area contributed by atoms with Crippen LogP contribution in [0.25, 0.3) is 0 Å². The van der Waals surface area contributed by atoms with Crippen LogP contribution in [0.15, 0.2) is 24.3 Å². The minimum Gasteiger partial charge on any atom is -0.481 e. The average molecular weight is 288 g/mol. The van der Waals surface area contributed by atoms with Gasteiger partial charge in [0.25, 0.3) is 0 Å². The zero-order chi connectivity index (χ0) is 15.3. The van der Waals surface area contributed by atoms with E-state index in [1.807, 2.05) is 12.1 Å². The van der Waals surface area contributed by atoms with E-state index in [4.69, 9.17) is 10.4 Å². The molecule has 0 amide bonds. The molecule has 112 valence electrons. The van der Waals surface area contributed by atoms with Crippen LogP contribution in [0.5, 0.6) is 0 Å². The van der Waals surface area contributed by atoms with Crippen molar-refractivity contribution >= 4 is 5.97 Å². The molecule has 1 saturated carbocycles. The van der Waals surface area contributed by atoms with Crippen molar-refractivity contribution in [1.82, 2.24) is 5.32 Å². The van der Waals surface area contributed by atoms with E-state index in [-0.39, 0.29) is 5.92 Å². The van der Waals surface area contributed by atoms with Gasteiger partial charge in [-0.1, -0.05) is 12.1 Å². The van der Waals surface area contributed by atoms with Crippen LogP contribution in [0.3, 0.4) is 0 Å². The van der Waals surface area contributed by atoms with Crippen LogP contribution >= 0.6 is 0 Å². The van der Waals surface area contributed by atoms with Gasteiger partial charge < -0.3 is 15.5 Å². The molecular formula is C16H20N2O3. The van der Waals surface area contributed by atoms with E-state index in [1.54, 1.807) is 12.1 Å². The molecule has 3 N–H and O–H groups in total. The smallest absolute Gasteiger partial charge is 0.306 e. The van der Waals surface area contributed by atoms with Crippen molar-refractivity contribution in [2.75, 3.05) is 6.54 Å². The molecule has 0 aromatic heterocycles. The number of rotatable bonds is 5. The molecule has 0 radical (unpaired) electrons. The SMILES string of the molecule is N#Cc1ccc(CNCC2(O)CCC(C(=O)O)CC2)cc1. The number of hydrogen-bond donors (Lipinski definition) is 3. The number of nitrogens with one attached hydrogen (secondary N) is 1. The van der Waals surface area contributed by atoms with Gasteiger partial charge >= 0.3 is 5.97 Å². The fraction of sp³-hybridized carbons (Fsp3) is 0.500. The van der Waals surface area contributed by atoms with Crippen molar-refractivity contribution in [1.29, 1.82) is 5.26 Å². The third-order valence-electron chi connectivity index (χ3n) is 4.13. The predicted molar refractivity (Wildman–Crippen MR) is 77.4 cm³/mol. The van der Waals surface area contributed by atoms with Crippen LogP contribution in [0.1, 0.15) is 36.8 Å². The molecule has 0 atom stereocenters. The van der Waals surface area contributed by atoms with E-state index in [9.17, 15) is 9.90 Å². The van der Waals surface area contributed by atoms with Crippen LogP contribution in [0.4, 0.5) is 0 Å². The minimum atomic E-state index is -0.807. The third-order valence-corrected chi connectivity index (χ3v) is 4.13. The predicted octanol–water partition coefficient (Wildman–Crippen LogP) is 1.65. The number of aliphatic hydroxyl groups is 1. The maximum atomic E-state index is 10.9. The van der Waals surface area contributed by atoms with Crippen LogP contribution < -0.4 is 5.32 Å². The van der Waals surface area contributed by atoms with Gasteiger partial charge in [0.2, 0.25) is 0 Å². The Morgan fingerprint density at radius 3 is 2.48 bits per heavy atom. The molecular weight excluding hydrogens is 268 g/mol. The molecule has 0 saturated heterocycles. The second-order valence-electron chi connectivity index (χ2n) is 5.75. The van der Waals surface area contributed by atoms with Crippen LogP contribution in [-0.2, 0) is 11.3 Å². The number of nitriles is 1. The Balaban J connectivity index is 1.77. The zero-order valence-corrected chi connectivity index (χ0v) is 11.9. The summed E-state index contributed by atoms with van der Waals surface area (Å²) in [6.07, 6.45) is 2.10. The standard InChI is InChI=1S/C16H20N2O3/c17-9-12-1-3-13(4-2-12)10-18-11-16(21)7-5-14(6-8-16)15(19)20/h1-4,14,18,21H,5-8,10-11H2,(H,19,20). The summed E-state index contributed by atoms with van der Waals surface area (Å²) in [7, 11) is 0. The molecule has 2 rings (SSSR count). The number of hydrogen-bond acceptors (Lipinski definition) is 4. The first-order valence-electron chi connectivity index (χ1n) is 7.17. The Morgan fingerprint density at radius 2 is 1.95 bits per heavy atom. The normalized spacial score (nSPS) is 25.2. The number of carbonyl (C=O) groups is 1. The summed E-state index contributed by atoms with van der Waals surface area (Å²) >= 11 is 0. The Labute approximate surface area is 124 Å². The summed E-state index contributed by atoms with van der Waals surface area (Å²) in [5, 5.41) is 31.3. The topological polar surface area (TPSA) is 93.4 Å². The van der Waals surface area contributed by atoms with E-state index < -0.39 is 11.6 Å². The summed E-state index contributed by atoms with van der Waals surface area (Å²) in [6.45, 7) is 1.08. The molecule has 0 bridgehead atoms. The lowest BCUT2D eigenvalue weighted by molar-refractivity contribution is -0.144. The van der Waals surface area contributed by atoms with E-state index in [1.165, 1.54) is 0 Å². The third kappa shape index (κ3) is 4.28. The summed E-state index contributed by atoms with van der Waals surface area (Å²) in [6, 6.07) is 9.38. The summed E-state index contributed by atoms with van der Waals surface area (Å²) in [5.41, 5.74) is 0.875. The van der Waals surface area contributed by atoms with Crippen molar-refractivity contribution in [3.05, 3.63) is 35.4 Å². The maximum Gasteiger partial charge on any atom is 0.306 e. The molecule has 21 heavy (non-hydrogen) atoms. The molecule has 1 fully saturated rings. The molecule has 0 spiro atoms. The molecule has 0 heterocycles. The van der Waals surface area contributed by atoms with Crippen LogP contribution in [0.2, 0.25) is 0 Å². The lowest BCUT2D eigenvalue weighted by Crippen LogP contribution is -2.44. The second-order valence-corrected chi connectivity index (χ2v) is 5.75. The lowest BCUT2D eigenvalue weighted by atomic mass is 9.79. The van der Waals surface area contributed by atoms with Gasteiger partial charge in [-0.2, -0.15) is 5.26 Å². The van der Waals surface area contributed by atoms with Crippen molar-refractivity contribution in [2.45, 2.75) is 37.8 Å². The highest BCUT2D eigenvalue weighted by atomic mass is 16.4. The van der Waals surface area contributed by atoms with Gasteiger partial charge in [-0.05, 0) is 43.4 Å². The highest BCUT2D eigenvalue weighted by molar-refractivity contribution is 5.70. The van der Waals surface area contributed by atoms with Gasteiger partial charge in [-0.3, -0.25) is 4.79 Å². The molecule has 1 aromatic rings. The Hall–Kier alpha value is -1.90. The Kier molecular flexibility index (Phi) is 4.94. The van der Waals surface area contributed by atoms with E-state index in [0.29, 0.717) is 44.3 Å². The minimum absolute atomic E-state index is 0.316. The first kappa shape index (κ1) is 15.5. The summed E-state index contributed by atoms with van der Waals surface area (Å²) in [4.78, 5) is 10.9. The monoisotopic (exact) mass is 288 g/mol. The van der Waals surface area contributed by atoms with Gasteiger partial charge in [0.1, 0.15) is 0 Å². The highest BCUT2D eigenvalue weighted by Gasteiger charge is 2.35. The highest BCUT2D eigenvalue weighted by Crippen LogP contribution is 2.31. The van der Waals surface area contributed by atoms with Gasteiger partial charge in [0, 0.05) is 13.1 Å². The average Bonchev–Trinajstić information content (AvgIpc) is 2.48. The van der Waals surface area contributed by atoms with Crippen molar-refractivity contribution in [2.24, 2.45) is 5.92 Å². The fourth-order valence-corrected chi connectivity index (χ4v) is 2.72. The molecule has 0 unspecified atom stereocenters. The number of aliphatic carboxylic acids is 1. The summed E-state index contributed by atoms with van der Waals surface area (Å²) < 4.78 is 0. The number of nitrogens with zero attached hydrogens (tertiary/aromatic N) is 1. The Morgan fingerprint density at radius 1 is 1.33 bits per heavy atom. The van der Waals surface area contributed by atoms with E-state index in [0.717, 1.165) is 5.56 Å².